The fourth-order valence-corrected chi connectivity index (χ4v) is 1.70. The standard InChI is InChI=1S/C10H7NO2/c12-9-5-4-7-2-1-3-8-10(7)11(9)6-13-8/h1-5H,6H2. The first-order chi connectivity index (χ1) is 6.36. The SMILES string of the molecule is O=c1ccc2cccc3c2n1CO3. The summed E-state index contributed by atoms with van der Waals surface area (Å²) in [7, 11) is 0. The third kappa shape index (κ3) is 0.758. The Bertz CT molecular complexity index is 542. The number of rotatable bonds is 0. The molecule has 2 heterocycles. The fourth-order valence-electron chi connectivity index (χ4n) is 1.70. The van der Waals surface area contributed by atoms with Crippen LogP contribution in [0.5, 0.6) is 5.75 Å². The van der Waals surface area contributed by atoms with E-state index < -0.39 is 0 Å². The molecule has 0 saturated heterocycles. The molecule has 3 heteroatoms. The predicted octanol–water partition coefficient (Wildman–Crippen LogP) is 1.35. The summed E-state index contributed by atoms with van der Waals surface area (Å²) in [4.78, 5) is 11.4. The van der Waals surface area contributed by atoms with Crippen molar-refractivity contribution in [2.24, 2.45) is 0 Å². The van der Waals surface area contributed by atoms with E-state index in [0.29, 0.717) is 6.73 Å². The number of nitrogens with zero attached hydrogens (tertiary/aromatic N) is 1. The lowest BCUT2D eigenvalue weighted by molar-refractivity contribution is 0.267. The zero-order valence-corrected chi connectivity index (χ0v) is 6.86. The summed E-state index contributed by atoms with van der Waals surface area (Å²) in [6.45, 7) is 0.343. The van der Waals surface area contributed by atoms with Gasteiger partial charge in [0.05, 0.1) is 5.52 Å². The number of aromatic nitrogens is 1. The Kier molecular flexibility index (Phi) is 1.10. The van der Waals surface area contributed by atoms with E-state index in [1.807, 2.05) is 24.3 Å². The lowest BCUT2D eigenvalue weighted by atomic mass is 10.2. The summed E-state index contributed by atoms with van der Waals surface area (Å²) >= 11 is 0. The normalized spacial score (nSPS) is 13.2. The zero-order valence-electron chi connectivity index (χ0n) is 6.86. The van der Waals surface area contributed by atoms with Crippen molar-refractivity contribution in [2.45, 2.75) is 6.73 Å². The summed E-state index contributed by atoms with van der Waals surface area (Å²) in [6, 6.07) is 9.18. The number of ether oxygens (including phenoxy) is 1. The number of hydrogen-bond donors (Lipinski definition) is 0. The van der Waals surface area contributed by atoms with Crippen molar-refractivity contribution in [2.75, 3.05) is 0 Å². The van der Waals surface area contributed by atoms with Crippen molar-refractivity contribution in [1.82, 2.24) is 4.57 Å². The third-order valence-electron chi connectivity index (χ3n) is 2.32. The van der Waals surface area contributed by atoms with Gasteiger partial charge in [-0.1, -0.05) is 12.1 Å². The fraction of sp³-hybridized carbons (Fsp3) is 0.100. The maximum absolute atomic E-state index is 11.4. The van der Waals surface area contributed by atoms with Crippen molar-refractivity contribution >= 4 is 10.9 Å². The highest BCUT2D eigenvalue weighted by molar-refractivity contribution is 5.85. The van der Waals surface area contributed by atoms with Crippen LogP contribution in [-0.4, -0.2) is 4.57 Å². The van der Waals surface area contributed by atoms with Crippen LogP contribution >= 0.6 is 0 Å². The highest BCUT2D eigenvalue weighted by Crippen LogP contribution is 2.28. The molecule has 3 nitrogen and oxygen atoms in total. The topological polar surface area (TPSA) is 31.2 Å². The van der Waals surface area contributed by atoms with Crippen molar-refractivity contribution in [3.05, 3.63) is 40.7 Å². The first kappa shape index (κ1) is 6.71. The van der Waals surface area contributed by atoms with E-state index >= 15 is 0 Å². The molecular formula is C10H7NO2. The molecule has 0 unspecified atom stereocenters. The maximum atomic E-state index is 11.4. The van der Waals surface area contributed by atoms with Gasteiger partial charge in [-0.3, -0.25) is 9.36 Å². The van der Waals surface area contributed by atoms with Gasteiger partial charge >= 0.3 is 0 Å². The van der Waals surface area contributed by atoms with Crippen LogP contribution in [0.4, 0.5) is 0 Å². The Labute approximate surface area is 74.2 Å². The van der Waals surface area contributed by atoms with Gasteiger partial charge in [0.1, 0.15) is 5.75 Å². The summed E-state index contributed by atoms with van der Waals surface area (Å²) in [6.07, 6.45) is 0. The number of pyridine rings is 1. The summed E-state index contributed by atoms with van der Waals surface area (Å²) in [5.41, 5.74) is 0.910. The Balaban J connectivity index is 2.64. The Morgan fingerprint density at radius 1 is 1.23 bits per heavy atom. The molecule has 1 aromatic carbocycles. The second kappa shape index (κ2) is 2.13. The minimum atomic E-state index is -0.00236. The van der Waals surface area contributed by atoms with Crippen LogP contribution < -0.4 is 10.3 Å². The molecule has 0 bridgehead atoms. The molecular weight excluding hydrogens is 166 g/mol. The van der Waals surface area contributed by atoms with E-state index in [1.54, 1.807) is 10.6 Å². The summed E-state index contributed by atoms with van der Waals surface area (Å²) in [5.74, 6) is 0.801. The minimum absolute atomic E-state index is 0.00236. The molecule has 0 N–H and O–H groups in total. The molecule has 1 aliphatic heterocycles. The van der Waals surface area contributed by atoms with Crippen LogP contribution in [0.15, 0.2) is 35.1 Å². The van der Waals surface area contributed by atoms with E-state index in [2.05, 4.69) is 0 Å². The Morgan fingerprint density at radius 3 is 3.08 bits per heavy atom. The van der Waals surface area contributed by atoms with Crippen LogP contribution in [0, 0.1) is 0 Å². The predicted molar refractivity (Wildman–Crippen MR) is 48.8 cm³/mol. The van der Waals surface area contributed by atoms with Crippen molar-refractivity contribution in [3.8, 4) is 5.75 Å². The maximum Gasteiger partial charge on any atom is 0.253 e. The number of para-hydroxylation sites is 1. The lowest BCUT2D eigenvalue weighted by Crippen LogP contribution is -2.17. The molecule has 64 valence electrons. The van der Waals surface area contributed by atoms with Gasteiger partial charge in [0, 0.05) is 11.5 Å². The minimum Gasteiger partial charge on any atom is -0.470 e. The molecule has 0 atom stereocenters. The second-order valence-electron chi connectivity index (χ2n) is 3.07. The Hall–Kier alpha value is -1.77. The van der Waals surface area contributed by atoms with E-state index in [4.69, 9.17) is 4.74 Å². The first-order valence-corrected chi connectivity index (χ1v) is 4.12. The smallest absolute Gasteiger partial charge is 0.253 e. The molecule has 0 amide bonds. The molecule has 3 rings (SSSR count). The van der Waals surface area contributed by atoms with Crippen LogP contribution in [0.25, 0.3) is 10.9 Å². The van der Waals surface area contributed by atoms with Gasteiger partial charge in [0.2, 0.25) is 0 Å². The molecule has 0 fully saturated rings. The monoisotopic (exact) mass is 173 g/mol. The first-order valence-electron chi connectivity index (χ1n) is 4.12. The van der Waals surface area contributed by atoms with Gasteiger partial charge in [0.25, 0.3) is 5.56 Å². The van der Waals surface area contributed by atoms with Crippen LogP contribution in [-0.2, 0) is 6.73 Å². The highest BCUT2D eigenvalue weighted by Gasteiger charge is 2.14. The molecule has 13 heavy (non-hydrogen) atoms. The van der Waals surface area contributed by atoms with Crippen LogP contribution in [0.1, 0.15) is 0 Å². The molecule has 0 spiro atoms. The number of benzene rings is 1. The lowest BCUT2D eigenvalue weighted by Gasteiger charge is -1.97. The molecule has 2 aromatic rings. The third-order valence-corrected chi connectivity index (χ3v) is 2.32. The largest absolute Gasteiger partial charge is 0.470 e. The summed E-state index contributed by atoms with van der Waals surface area (Å²) in [5, 5.41) is 1.05. The molecule has 1 aliphatic rings. The number of hydrogen-bond acceptors (Lipinski definition) is 2. The molecule has 1 aromatic heterocycles. The van der Waals surface area contributed by atoms with Crippen molar-refractivity contribution in [1.29, 1.82) is 0 Å². The molecule has 0 aliphatic carbocycles. The van der Waals surface area contributed by atoms with Crippen molar-refractivity contribution < 1.29 is 4.74 Å². The summed E-state index contributed by atoms with van der Waals surface area (Å²) < 4.78 is 7.00. The van der Waals surface area contributed by atoms with Gasteiger partial charge in [-0.25, -0.2) is 0 Å². The van der Waals surface area contributed by atoms with E-state index in [1.165, 1.54) is 0 Å². The zero-order chi connectivity index (χ0) is 8.84. The van der Waals surface area contributed by atoms with Crippen LogP contribution in [0.3, 0.4) is 0 Å². The second-order valence-corrected chi connectivity index (χ2v) is 3.07. The highest BCUT2D eigenvalue weighted by atomic mass is 16.5. The van der Waals surface area contributed by atoms with Gasteiger partial charge in [0.15, 0.2) is 6.73 Å². The average molecular weight is 173 g/mol. The molecule has 0 saturated carbocycles. The average Bonchev–Trinajstić information content (AvgIpc) is 2.57. The van der Waals surface area contributed by atoms with Crippen LogP contribution in [0.2, 0.25) is 0 Å². The van der Waals surface area contributed by atoms with Gasteiger partial charge in [-0.05, 0) is 12.1 Å². The van der Waals surface area contributed by atoms with E-state index in [-0.39, 0.29) is 5.56 Å². The van der Waals surface area contributed by atoms with Gasteiger partial charge in [-0.15, -0.1) is 0 Å². The van der Waals surface area contributed by atoms with Crippen molar-refractivity contribution in [3.63, 3.8) is 0 Å². The molecule has 0 radical (unpaired) electrons. The van der Waals surface area contributed by atoms with E-state index in [0.717, 1.165) is 16.7 Å². The van der Waals surface area contributed by atoms with Gasteiger partial charge < -0.3 is 4.74 Å². The van der Waals surface area contributed by atoms with E-state index in [9.17, 15) is 4.79 Å². The quantitative estimate of drug-likeness (QED) is 0.602. The Morgan fingerprint density at radius 2 is 2.15 bits per heavy atom. The van der Waals surface area contributed by atoms with Gasteiger partial charge in [-0.2, -0.15) is 0 Å².